The van der Waals surface area contributed by atoms with Gasteiger partial charge in [0.1, 0.15) is 0 Å². The summed E-state index contributed by atoms with van der Waals surface area (Å²) in [4.78, 5) is 5.73. The van der Waals surface area contributed by atoms with Crippen molar-refractivity contribution in [3.8, 4) is 0 Å². The Kier molecular flexibility index (Phi) is 5.70. The van der Waals surface area contributed by atoms with E-state index in [0.29, 0.717) is 0 Å². The van der Waals surface area contributed by atoms with Gasteiger partial charge < -0.3 is 4.90 Å². The minimum absolute atomic E-state index is 0.938. The molecule has 0 atom stereocenters. The topological polar surface area (TPSA) is 15.6 Å². The van der Waals surface area contributed by atoms with Crippen LogP contribution in [-0.4, -0.2) is 18.3 Å². The summed E-state index contributed by atoms with van der Waals surface area (Å²) in [5, 5.41) is 0. The highest BCUT2D eigenvalue weighted by molar-refractivity contribution is 5.61. The van der Waals surface area contributed by atoms with E-state index in [0.717, 1.165) is 5.70 Å². The summed E-state index contributed by atoms with van der Waals surface area (Å²) in [6.45, 7) is 7.81. The van der Waals surface area contributed by atoms with Gasteiger partial charge in [-0.1, -0.05) is 26.5 Å². The standard InChI is InChI=1S/C8H10N2.C2H6/c1-8-5-3-4-6-10(8)7-9-2;1-2/h3-7H,1H2,2H3;1-2H3. The molecule has 0 amide bonds. The molecule has 1 heterocycles. The lowest BCUT2D eigenvalue weighted by atomic mass is 10.3. The largest absolute Gasteiger partial charge is 0.309 e. The van der Waals surface area contributed by atoms with Crippen molar-refractivity contribution in [1.29, 1.82) is 0 Å². The second-order valence-corrected chi connectivity index (χ2v) is 1.97. The molecule has 0 unspecified atom stereocenters. The number of rotatable bonds is 1. The van der Waals surface area contributed by atoms with Crippen molar-refractivity contribution in [2.75, 3.05) is 7.05 Å². The van der Waals surface area contributed by atoms with Crippen molar-refractivity contribution >= 4 is 6.34 Å². The zero-order valence-corrected chi connectivity index (χ0v) is 7.99. The SMILES string of the molecule is C=C1C=CC=CN1C=NC.CC. The van der Waals surface area contributed by atoms with Crippen molar-refractivity contribution in [1.82, 2.24) is 4.90 Å². The van der Waals surface area contributed by atoms with Gasteiger partial charge in [0.15, 0.2) is 0 Å². The Hall–Kier alpha value is -1.31. The highest BCUT2D eigenvalue weighted by atomic mass is 15.1. The van der Waals surface area contributed by atoms with Crippen LogP contribution in [-0.2, 0) is 0 Å². The van der Waals surface area contributed by atoms with E-state index in [1.54, 1.807) is 13.4 Å². The lowest BCUT2D eigenvalue weighted by molar-refractivity contribution is 0.731. The van der Waals surface area contributed by atoms with Gasteiger partial charge in [0, 0.05) is 18.9 Å². The number of allylic oxidation sites excluding steroid dienone is 3. The van der Waals surface area contributed by atoms with Gasteiger partial charge in [0.05, 0.1) is 6.34 Å². The third-order valence-electron chi connectivity index (χ3n) is 1.22. The maximum Gasteiger partial charge on any atom is 0.0931 e. The summed E-state index contributed by atoms with van der Waals surface area (Å²) in [6.07, 6.45) is 9.46. The third kappa shape index (κ3) is 3.19. The van der Waals surface area contributed by atoms with Gasteiger partial charge in [-0.15, -0.1) is 0 Å². The molecule has 1 rings (SSSR count). The summed E-state index contributed by atoms with van der Waals surface area (Å²) in [5.41, 5.74) is 0.938. The highest BCUT2D eigenvalue weighted by Gasteiger charge is 1.98. The molecule has 0 aromatic rings. The van der Waals surface area contributed by atoms with E-state index in [1.165, 1.54) is 0 Å². The lowest BCUT2D eigenvalue weighted by Gasteiger charge is -2.15. The molecule has 0 bridgehead atoms. The van der Waals surface area contributed by atoms with Crippen LogP contribution in [0.25, 0.3) is 0 Å². The summed E-state index contributed by atoms with van der Waals surface area (Å²) in [6, 6.07) is 0. The van der Waals surface area contributed by atoms with Crippen LogP contribution in [0.3, 0.4) is 0 Å². The van der Waals surface area contributed by atoms with Crippen molar-refractivity contribution in [2.45, 2.75) is 13.8 Å². The molecular weight excluding hydrogens is 148 g/mol. The Balaban J connectivity index is 0.000000561. The number of nitrogens with zero attached hydrogens (tertiary/aromatic N) is 2. The van der Waals surface area contributed by atoms with Crippen molar-refractivity contribution < 1.29 is 0 Å². The maximum absolute atomic E-state index is 3.86. The predicted molar refractivity (Wildman–Crippen MR) is 55.0 cm³/mol. The van der Waals surface area contributed by atoms with Crippen molar-refractivity contribution in [2.24, 2.45) is 4.99 Å². The van der Waals surface area contributed by atoms with Gasteiger partial charge in [-0.25, -0.2) is 0 Å². The zero-order valence-electron chi connectivity index (χ0n) is 7.99. The molecule has 0 aromatic carbocycles. The predicted octanol–water partition coefficient (Wildman–Crippen LogP) is 2.57. The first-order valence-electron chi connectivity index (χ1n) is 4.09. The van der Waals surface area contributed by atoms with Crippen LogP contribution in [0.5, 0.6) is 0 Å². The molecule has 0 radical (unpaired) electrons. The van der Waals surface area contributed by atoms with Crippen LogP contribution in [0.15, 0.2) is 41.7 Å². The van der Waals surface area contributed by atoms with Crippen LogP contribution < -0.4 is 0 Å². The fourth-order valence-electron chi connectivity index (χ4n) is 0.728. The van der Waals surface area contributed by atoms with E-state index in [-0.39, 0.29) is 0 Å². The Morgan fingerprint density at radius 2 is 2.08 bits per heavy atom. The van der Waals surface area contributed by atoms with E-state index in [9.17, 15) is 0 Å². The molecule has 0 fully saturated rings. The fourth-order valence-corrected chi connectivity index (χ4v) is 0.728. The van der Waals surface area contributed by atoms with E-state index >= 15 is 0 Å². The molecule has 66 valence electrons. The fraction of sp³-hybridized carbons (Fsp3) is 0.300. The first-order chi connectivity index (χ1) is 5.84. The summed E-state index contributed by atoms with van der Waals surface area (Å²) >= 11 is 0. The molecule has 0 aliphatic carbocycles. The second-order valence-electron chi connectivity index (χ2n) is 1.97. The van der Waals surface area contributed by atoms with E-state index in [2.05, 4.69) is 11.6 Å². The van der Waals surface area contributed by atoms with Gasteiger partial charge in [0.2, 0.25) is 0 Å². The van der Waals surface area contributed by atoms with Crippen LogP contribution in [0.2, 0.25) is 0 Å². The smallest absolute Gasteiger partial charge is 0.0931 e. The monoisotopic (exact) mass is 164 g/mol. The Morgan fingerprint density at radius 1 is 1.42 bits per heavy atom. The average Bonchev–Trinajstić information content (AvgIpc) is 2.13. The van der Waals surface area contributed by atoms with Crippen LogP contribution in [0, 0.1) is 0 Å². The van der Waals surface area contributed by atoms with Crippen molar-refractivity contribution in [3.05, 3.63) is 36.7 Å². The minimum Gasteiger partial charge on any atom is -0.309 e. The quantitative estimate of drug-likeness (QED) is 0.429. The Labute approximate surface area is 74.6 Å². The number of hydrogen-bond acceptors (Lipinski definition) is 1. The molecule has 1 aliphatic rings. The number of aliphatic imine (C=N–C) groups is 1. The van der Waals surface area contributed by atoms with Crippen LogP contribution in [0.1, 0.15) is 13.8 Å². The van der Waals surface area contributed by atoms with Gasteiger partial charge in [-0.3, -0.25) is 4.99 Å². The first-order valence-corrected chi connectivity index (χ1v) is 4.09. The molecule has 0 spiro atoms. The molecule has 0 saturated heterocycles. The van der Waals surface area contributed by atoms with Gasteiger partial charge in [-0.05, 0) is 12.2 Å². The average molecular weight is 164 g/mol. The maximum atomic E-state index is 3.86. The normalized spacial score (nSPS) is 14.9. The van der Waals surface area contributed by atoms with E-state index in [1.807, 2.05) is 43.2 Å². The summed E-state index contributed by atoms with van der Waals surface area (Å²) in [5.74, 6) is 0. The molecule has 0 aromatic heterocycles. The minimum atomic E-state index is 0.938. The molecule has 0 N–H and O–H groups in total. The van der Waals surface area contributed by atoms with Crippen molar-refractivity contribution in [3.63, 3.8) is 0 Å². The first kappa shape index (κ1) is 10.7. The van der Waals surface area contributed by atoms with Gasteiger partial charge in [-0.2, -0.15) is 0 Å². The van der Waals surface area contributed by atoms with Crippen LogP contribution in [0.4, 0.5) is 0 Å². The molecule has 0 saturated carbocycles. The lowest BCUT2D eigenvalue weighted by Crippen LogP contribution is -2.13. The number of hydrogen-bond donors (Lipinski definition) is 0. The van der Waals surface area contributed by atoms with Gasteiger partial charge >= 0.3 is 0 Å². The highest BCUT2D eigenvalue weighted by Crippen LogP contribution is 2.06. The summed E-state index contributed by atoms with van der Waals surface area (Å²) < 4.78 is 0. The molecule has 1 aliphatic heterocycles. The molecule has 2 nitrogen and oxygen atoms in total. The molecular formula is C10H16N2. The zero-order chi connectivity index (χ0) is 9.40. The second kappa shape index (κ2) is 6.40. The Bertz CT molecular complexity index is 212. The van der Waals surface area contributed by atoms with E-state index < -0.39 is 0 Å². The van der Waals surface area contributed by atoms with Crippen LogP contribution >= 0.6 is 0 Å². The third-order valence-corrected chi connectivity index (χ3v) is 1.22. The van der Waals surface area contributed by atoms with E-state index in [4.69, 9.17) is 0 Å². The summed E-state index contributed by atoms with van der Waals surface area (Å²) in [7, 11) is 1.74. The molecule has 2 heteroatoms. The Morgan fingerprint density at radius 3 is 2.58 bits per heavy atom. The van der Waals surface area contributed by atoms with Gasteiger partial charge in [0.25, 0.3) is 0 Å². The molecule has 12 heavy (non-hydrogen) atoms.